The average molecular weight is 352 g/mol. The van der Waals surface area contributed by atoms with Gasteiger partial charge in [-0.05, 0) is 18.2 Å². The normalized spacial score (nSPS) is 10.3. The summed E-state index contributed by atoms with van der Waals surface area (Å²) in [5.74, 6) is -0.693. The summed E-state index contributed by atoms with van der Waals surface area (Å²) >= 11 is 5.82. The summed E-state index contributed by atoms with van der Waals surface area (Å²) in [7, 11) is 3.31. The van der Waals surface area contributed by atoms with Gasteiger partial charge in [0.15, 0.2) is 0 Å². The van der Waals surface area contributed by atoms with Gasteiger partial charge in [-0.15, -0.1) is 0 Å². The first-order chi connectivity index (χ1) is 11.4. The van der Waals surface area contributed by atoms with Crippen molar-refractivity contribution in [1.82, 2.24) is 20.4 Å². The van der Waals surface area contributed by atoms with Crippen molar-refractivity contribution in [2.24, 2.45) is 0 Å². The lowest BCUT2D eigenvalue weighted by molar-refractivity contribution is -0.383. The number of hydrogen-bond acceptors (Lipinski definition) is 8. The quantitative estimate of drug-likeness (QED) is 0.530. The van der Waals surface area contributed by atoms with E-state index in [1.165, 1.54) is 11.1 Å². The number of nitrogens with zero attached hydrogens (tertiary/aromatic N) is 4. The van der Waals surface area contributed by atoms with Crippen LogP contribution in [0.4, 0.5) is 17.3 Å². The standard InChI is InChI=1S/C13H14ClN7O3/c1-20(2)19-12-10(21(23)24)11(15-7-16-12)17-18-13(22)8-4-3-5-9(14)6-8/h3-7H,1-2H3,(H,18,22)(H2,15,16,17,19). The summed E-state index contributed by atoms with van der Waals surface area (Å²) in [6.45, 7) is 0. The molecule has 0 aliphatic rings. The second-order valence-corrected chi connectivity index (χ2v) is 5.21. The molecule has 1 amide bonds. The van der Waals surface area contributed by atoms with Gasteiger partial charge in [-0.2, -0.15) is 0 Å². The number of carbonyl (C=O) groups excluding carboxylic acids is 1. The van der Waals surface area contributed by atoms with E-state index in [0.29, 0.717) is 10.6 Å². The Morgan fingerprint density at radius 3 is 2.62 bits per heavy atom. The smallest absolute Gasteiger partial charge is 0.298 e. The van der Waals surface area contributed by atoms with Crippen molar-refractivity contribution in [3.8, 4) is 0 Å². The van der Waals surface area contributed by atoms with E-state index in [4.69, 9.17) is 11.6 Å². The average Bonchev–Trinajstić information content (AvgIpc) is 2.51. The lowest BCUT2D eigenvalue weighted by Gasteiger charge is -2.14. The molecule has 24 heavy (non-hydrogen) atoms. The topological polar surface area (TPSA) is 125 Å². The second-order valence-electron chi connectivity index (χ2n) is 4.77. The number of halogens is 1. The summed E-state index contributed by atoms with van der Waals surface area (Å²) in [6.07, 6.45) is 1.13. The van der Waals surface area contributed by atoms with Crippen LogP contribution in [0.1, 0.15) is 10.4 Å². The summed E-state index contributed by atoms with van der Waals surface area (Å²) in [5, 5.41) is 13.2. The third-order valence-electron chi connectivity index (χ3n) is 2.72. The van der Waals surface area contributed by atoms with Crippen LogP contribution < -0.4 is 16.3 Å². The van der Waals surface area contributed by atoms with Gasteiger partial charge in [0.1, 0.15) is 6.33 Å². The highest BCUT2D eigenvalue weighted by molar-refractivity contribution is 6.30. The zero-order valence-corrected chi connectivity index (χ0v) is 13.5. The minimum absolute atomic E-state index is 0.0143. The van der Waals surface area contributed by atoms with Crippen LogP contribution in [0.2, 0.25) is 5.02 Å². The van der Waals surface area contributed by atoms with Crippen LogP contribution in [0.25, 0.3) is 0 Å². The fourth-order valence-corrected chi connectivity index (χ4v) is 1.94. The van der Waals surface area contributed by atoms with Crippen LogP contribution in [0.15, 0.2) is 30.6 Å². The third kappa shape index (κ3) is 4.27. The van der Waals surface area contributed by atoms with E-state index in [1.54, 1.807) is 32.3 Å². The maximum atomic E-state index is 12.0. The van der Waals surface area contributed by atoms with Crippen molar-refractivity contribution in [1.29, 1.82) is 0 Å². The molecule has 1 heterocycles. The van der Waals surface area contributed by atoms with Gasteiger partial charge in [-0.25, -0.2) is 15.0 Å². The molecule has 10 nitrogen and oxygen atoms in total. The molecule has 2 rings (SSSR count). The highest BCUT2D eigenvalue weighted by atomic mass is 35.5. The molecule has 1 aromatic heterocycles. The molecule has 0 radical (unpaired) electrons. The monoisotopic (exact) mass is 351 g/mol. The van der Waals surface area contributed by atoms with Crippen molar-refractivity contribution in [3.63, 3.8) is 0 Å². The van der Waals surface area contributed by atoms with Crippen LogP contribution in [0.5, 0.6) is 0 Å². The molecule has 11 heteroatoms. The maximum Gasteiger partial charge on any atom is 0.356 e. The Kier molecular flexibility index (Phi) is 5.45. The molecule has 0 spiro atoms. The molecule has 0 aliphatic heterocycles. The van der Waals surface area contributed by atoms with Crippen LogP contribution in [0.3, 0.4) is 0 Å². The predicted molar refractivity (Wildman–Crippen MR) is 88.5 cm³/mol. The zero-order chi connectivity index (χ0) is 17.7. The Labute approximate surface area is 141 Å². The number of hydrazine groups is 2. The molecule has 0 atom stereocenters. The van der Waals surface area contributed by atoms with E-state index in [9.17, 15) is 14.9 Å². The van der Waals surface area contributed by atoms with Crippen molar-refractivity contribution >= 4 is 34.8 Å². The molecule has 1 aromatic carbocycles. The number of nitrogens with one attached hydrogen (secondary N) is 3. The van der Waals surface area contributed by atoms with Crippen LogP contribution in [-0.2, 0) is 0 Å². The van der Waals surface area contributed by atoms with Crippen molar-refractivity contribution in [2.75, 3.05) is 24.9 Å². The Morgan fingerprint density at radius 2 is 2.00 bits per heavy atom. The highest BCUT2D eigenvalue weighted by Gasteiger charge is 2.23. The number of anilines is 2. The maximum absolute atomic E-state index is 12.0. The lowest BCUT2D eigenvalue weighted by Crippen LogP contribution is -2.30. The van der Waals surface area contributed by atoms with Crippen molar-refractivity contribution in [2.45, 2.75) is 0 Å². The first-order valence-electron chi connectivity index (χ1n) is 6.63. The summed E-state index contributed by atoms with van der Waals surface area (Å²) in [5.41, 5.74) is 7.34. The highest BCUT2D eigenvalue weighted by Crippen LogP contribution is 2.28. The van der Waals surface area contributed by atoms with Crippen molar-refractivity contribution in [3.05, 3.63) is 51.3 Å². The fourth-order valence-electron chi connectivity index (χ4n) is 1.75. The summed E-state index contributed by atoms with van der Waals surface area (Å²) < 4.78 is 0. The van der Waals surface area contributed by atoms with Gasteiger partial charge in [0.2, 0.25) is 11.6 Å². The molecular formula is C13H14ClN7O3. The van der Waals surface area contributed by atoms with Crippen LogP contribution in [0, 0.1) is 10.1 Å². The molecule has 126 valence electrons. The third-order valence-corrected chi connectivity index (χ3v) is 2.95. The Hall–Kier alpha value is -2.98. The van der Waals surface area contributed by atoms with E-state index in [2.05, 4.69) is 26.2 Å². The zero-order valence-electron chi connectivity index (χ0n) is 12.8. The minimum atomic E-state index is -0.653. The largest absolute Gasteiger partial charge is 0.356 e. The number of hydrogen-bond donors (Lipinski definition) is 3. The first-order valence-corrected chi connectivity index (χ1v) is 7.01. The number of amides is 1. The first kappa shape index (κ1) is 17.4. The summed E-state index contributed by atoms with van der Waals surface area (Å²) in [4.78, 5) is 30.3. The fraction of sp³-hybridized carbons (Fsp3) is 0.154. The van der Waals surface area contributed by atoms with Crippen LogP contribution in [-0.4, -0.2) is 39.9 Å². The molecule has 0 saturated heterocycles. The van der Waals surface area contributed by atoms with E-state index in [-0.39, 0.29) is 11.6 Å². The Balaban J connectivity index is 2.20. The van der Waals surface area contributed by atoms with Gasteiger partial charge < -0.3 is 0 Å². The van der Waals surface area contributed by atoms with Crippen LogP contribution >= 0.6 is 11.6 Å². The van der Waals surface area contributed by atoms with Gasteiger partial charge in [-0.3, -0.25) is 31.2 Å². The number of aromatic nitrogens is 2. The number of nitro groups is 1. The second kappa shape index (κ2) is 7.53. The predicted octanol–water partition coefficient (Wildman–Crippen LogP) is 1.68. The molecule has 2 aromatic rings. The van der Waals surface area contributed by atoms with Crippen molar-refractivity contribution < 1.29 is 9.72 Å². The molecule has 3 N–H and O–H groups in total. The minimum Gasteiger partial charge on any atom is -0.298 e. The molecule has 0 unspecified atom stereocenters. The molecule has 0 aliphatic carbocycles. The lowest BCUT2D eigenvalue weighted by atomic mass is 10.2. The number of carbonyl (C=O) groups is 1. The van der Waals surface area contributed by atoms with Gasteiger partial charge in [0.05, 0.1) is 4.92 Å². The van der Waals surface area contributed by atoms with E-state index in [0.717, 1.165) is 6.33 Å². The van der Waals surface area contributed by atoms with E-state index in [1.807, 2.05) is 0 Å². The molecule has 0 fully saturated rings. The van der Waals surface area contributed by atoms with Gasteiger partial charge in [0, 0.05) is 24.7 Å². The molecule has 0 saturated carbocycles. The molecule has 0 bridgehead atoms. The number of rotatable bonds is 6. The van der Waals surface area contributed by atoms with E-state index >= 15 is 0 Å². The Morgan fingerprint density at radius 1 is 1.29 bits per heavy atom. The number of benzene rings is 1. The summed E-state index contributed by atoms with van der Waals surface area (Å²) in [6, 6.07) is 6.26. The Bertz CT molecular complexity index is 769. The van der Waals surface area contributed by atoms with Gasteiger partial charge in [0.25, 0.3) is 5.91 Å². The van der Waals surface area contributed by atoms with E-state index < -0.39 is 16.5 Å². The SMILES string of the molecule is CN(C)Nc1ncnc(NNC(=O)c2cccc(Cl)c2)c1[N+](=O)[O-]. The molecular weight excluding hydrogens is 338 g/mol. The van der Waals surface area contributed by atoms with Gasteiger partial charge in [-0.1, -0.05) is 17.7 Å². The van der Waals surface area contributed by atoms with Gasteiger partial charge >= 0.3 is 5.69 Å².